The van der Waals surface area contributed by atoms with Crippen LogP contribution in [0.2, 0.25) is 0 Å². The van der Waals surface area contributed by atoms with Crippen LogP contribution in [-0.2, 0) is 11.8 Å². The molecule has 1 N–H and O–H groups in total. The molecule has 0 saturated carbocycles. The van der Waals surface area contributed by atoms with E-state index in [2.05, 4.69) is 141 Å². The highest BCUT2D eigenvalue weighted by Gasteiger charge is 2.21. The molecule has 0 radical (unpaired) electrons. The Kier molecular flexibility index (Phi) is 15.1. The highest BCUT2D eigenvalue weighted by Crippen LogP contribution is 2.41. The lowest BCUT2D eigenvalue weighted by Gasteiger charge is -2.20. The highest BCUT2D eigenvalue weighted by atomic mass is 16.3. The molecule has 1 unspecified atom stereocenters. The summed E-state index contributed by atoms with van der Waals surface area (Å²) >= 11 is 0. The van der Waals surface area contributed by atoms with E-state index in [1.807, 2.05) is 0 Å². The molecular formula is C46H62O. The molecule has 0 saturated heterocycles. The quantitative estimate of drug-likeness (QED) is 0.205. The summed E-state index contributed by atoms with van der Waals surface area (Å²) in [6.45, 7) is 20.2. The van der Waals surface area contributed by atoms with Gasteiger partial charge in [0.1, 0.15) is 5.75 Å². The van der Waals surface area contributed by atoms with Gasteiger partial charge in [-0.3, -0.25) is 0 Å². The van der Waals surface area contributed by atoms with Crippen LogP contribution in [0.15, 0.2) is 91.0 Å². The molecule has 0 aliphatic heterocycles. The van der Waals surface area contributed by atoms with Crippen molar-refractivity contribution in [3.63, 3.8) is 0 Å². The molecule has 0 aromatic heterocycles. The summed E-state index contributed by atoms with van der Waals surface area (Å²) in [5.74, 6) is 1.25. The van der Waals surface area contributed by atoms with E-state index in [1.165, 1.54) is 88.6 Å². The fourth-order valence-corrected chi connectivity index (χ4v) is 6.26. The summed E-state index contributed by atoms with van der Waals surface area (Å²) in [4.78, 5) is 0. The van der Waals surface area contributed by atoms with Gasteiger partial charge in [0.05, 0.1) is 0 Å². The van der Waals surface area contributed by atoms with Crippen LogP contribution in [0, 0.1) is 12.8 Å². The minimum absolute atomic E-state index is 0.155. The van der Waals surface area contributed by atoms with Crippen LogP contribution in [-0.4, -0.2) is 5.11 Å². The summed E-state index contributed by atoms with van der Waals surface area (Å²) in [6, 6.07) is 32.6. The number of rotatable bonds is 8. The Morgan fingerprint density at radius 2 is 1.32 bits per heavy atom. The number of phenolic OH excluding ortho intramolecular Hbond substituents is 1. The second-order valence-electron chi connectivity index (χ2n) is 14.5. The molecule has 1 atom stereocenters. The zero-order chi connectivity index (χ0) is 34.4. The molecule has 1 aliphatic rings. The first-order chi connectivity index (χ1) is 22.5. The standard InChI is InChI=1S/C34H34O.C7H16.C5H12/c1-23-7-5-8-27(21-23)31-10-6-9-28-22-26(24-11-16-29(17-12-24)34(2,3)4)15-20-32(28)33(31)25-13-18-30(35)19-14-25;1-4-6-7(3)5-2;1-3-5-4-2/h5,7-8,11-22,35H,6,9-10H2,1-4H3;7H,4-6H2,1-3H3;3-5H2,1-2H3. The molecule has 47 heavy (non-hydrogen) atoms. The molecule has 1 nitrogen and oxygen atoms in total. The predicted octanol–water partition coefficient (Wildman–Crippen LogP) is 14.0. The van der Waals surface area contributed by atoms with Crippen molar-refractivity contribution in [3.8, 4) is 16.9 Å². The fraction of sp³-hybridized carbons (Fsp3) is 0.435. The molecule has 0 heterocycles. The summed E-state index contributed by atoms with van der Waals surface area (Å²) in [5.41, 5.74) is 13.2. The molecule has 1 heteroatoms. The lowest BCUT2D eigenvalue weighted by Crippen LogP contribution is -2.10. The third-order valence-corrected chi connectivity index (χ3v) is 9.34. The molecule has 4 aromatic carbocycles. The number of allylic oxidation sites excluding steroid dienone is 1. The first-order valence-electron chi connectivity index (χ1n) is 18.4. The Hall–Kier alpha value is -3.58. The zero-order valence-corrected chi connectivity index (χ0v) is 31.0. The first kappa shape index (κ1) is 37.9. The molecule has 5 rings (SSSR count). The van der Waals surface area contributed by atoms with Gasteiger partial charge in [0.2, 0.25) is 0 Å². The molecule has 0 spiro atoms. The normalized spacial score (nSPS) is 13.4. The molecule has 252 valence electrons. The maximum absolute atomic E-state index is 9.94. The average molecular weight is 631 g/mol. The Balaban J connectivity index is 0.000000428. The van der Waals surface area contributed by atoms with Crippen molar-refractivity contribution in [1.29, 1.82) is 0 Å². The van der Waals surface area contributed by atoms with E-state index in [9.17, 15) is 5.11 Å². The summed E-state index contributed by atoms with van der Waals surface area (Å²) in [7, 11) is 0. The smallest absolute Gasteiger partial charge is 0.115 e. The summed E-state index contributed by atoms with van der Waals surface area (Å²) < 4.78 is 0. The minimum Gasteiger partial charge on any atom is -0.508 e. The van der Waals surface area contributed by atoms with E-state index in [0.29, 0.717) is 5.75 Å². The van der Waals surface area contributed by atoms with Crippen LogP contribution in [0.5, 0.6) is 5.75 Å². The van der Waals surface area contributed by atoms with E-state index < -0.39 is 0 Å². The second-order valence-corrected chi connectivity index (χ2v) is 14.5. The van der Waals surface area contributed by atoms with Crippen LogP contribution < -0.4 is 0 Å². The largest absolute Gasteiger partial charge is 0.508 e. The van der Waals surface area contributed by atoms with Gasteiger partial charge in [0.15, 0.2) is 0 Å². The van der Waals surface area contributed by atoms with Gasteiger partial charge in [-0.25, -0.2) is 0 Å². The van der Waals surface area contributed by atoms with Crippen LogP contribution in [0.25, 0.3) is 22.3 Å². The summed E-state index contributed by atoms with van der Waals surface area (Å²) in [6.07, 6.45) is 11.4. The number of unbranched alkanes of at least 4 members (excludes halogenated alkanes) is 2. The van der Waals surface area contributed by atoms with Gasteiger partial charge in [0.25, 0.3) is 0 Å². The van der Waals surface area contributed by atoms with Crippen LogP contribution >= 0.6 is 0 Å². The Morgan fingerprint density at radius 3 is 1.85 bits per heavy atom. The number of fused-ring (bicyclic) bond motifs is 1. The van der Waals surface area contributed by atoms with Gasteiger partial charge in [-0.2, -0.15) is 0 Å². The third kappa shape index (κ3) is 11.3. The second kappa shape index (κ2) is 18.7. The van der Waals surface area contributed by atoms with Crippen molar-refractivity contribution >= 4 is 11.1 Å². The van der Waals surface area contributed by atoms with Gasteiger partial charge < -0.3 is 5.11 Å². The minimum atomic E-state index is 0.155. The van der Waals surface area contributed by atoms with Crippen molar-refractivity contribution in [1.82, 2.24) is 0 Å². The van der Waals surface area contributed by atoms with Gasteiger partial charge in [-0.15, -0.1) is 0 Å². The van der Waals surface area contributed by atoms with Crippen molar-refractivity contribution in [2.75, 3.05) is 0 Å². The lowest BCUT2D eigenvalue weighted by molar-refractivity contribution is 0.475. The van der Waals surface area contributed by atoms with E-state index >= 15 is 0 Å². The zero-order valence-electron chi connectivity index (χ0n) is 31.0. The predicted molar refractivity (Wildman–Crippen MR) is 208 cm³/mol. The lowest BCUT2D eigenvalue weighted by atomic mass is 9.85. The van der Waals surface area contributed by atoms with Gasteiger partial charge >= 0.3 is 0 Å². The molecule has 0 fully saturated rings. The molecule has 0 bridgehead atoms. The monoisotopic (exact) mass is 630 g/mol. The van der Waals surface area contributed by atoms with E-state index in [0.717, 1.165) is 30.7 Å². The Bertz CT molecular complexity index is 1530. The van der Waals surface area contributed by atoms with Gasteiger partial charge in [0, 0.05) is 0 Å². The fourth-order valence-electron chi connectivity index (χ4n) is 6.26. The molecule has 1 aliphatic carbocycles. The van der Waals surface area contributed by atoms with E-state index in [4.69, 9.17) is 0 Å². The van der Waals surface area contributed by atoms with Crippen molar-refractivity contribution in [2.24, 2.45) is 5.92 Å². The maximum atomic E-state index is 9.94. The number of phenols is 1. The van der Waals surface area contributed by atoms with Crippen molar-refractivity contribution in [3.05, 3.63) is 124 Å². The van der Waals surface area contributed by atoms with Crippen molar-refractivity contribution < 1.29 is 5.11 Å². The SMILES string of the molecule is CCCC(C)CC.CCCCC.Cc1cccc(C2=C(c3ccc(O)cc3)c3ccc(-c4ccc(C(C)(C)C)cc4)cc3CCC2)c1. The van der Waals surface area contributed by atoms with E-state index in [-0.39, 0.29) is 5.41 Å². The number of benzene rings is 4. The van der Waals surface area contributed by atoms with Gasteiger partial charge in [-0.1, -0.05) is 178 Å². The first-order valence-corrected chi connectivity index (χ1v) is 18.4. The third-order valence-electron chi connectivity index (χ3n) is 9.34. The van der Waals surface area contributed by atoms with Crippen LogP contribution in [0.1, 0.15) is 140 Å². The Morgan fingerprint density at radius 1 is 0.681 bits per heavy atom. The number of hydrogen-bond acceptors (Lipinski definition) is 1. The number of aromatic hydroxyl groups is 1. The maximum Gasteiger partial charge on any atom is 0.115 e. The average Bonchev–Trinajstić information content (AvgIpc) is 3.25. The van der Waals surface area contributed by atoms with Crippen LogP contribution in [0.4, 0.5) is 0 Å². The molecular weight excluding hydrogens is 569 g/mol. The topological polar surface area (TPSA) is 20.2 Å². The molecule has 4 aromatic rings. The molecule has 0 amide bonds. The highest BCUT2D eigenvalue weighted by molar-refractivity contribution is 6.00. The number of aryl methyl sites for hydroxylation is 2. The number of hydrogen-bond donors (Lipinski definition) is 1. The van der Waals surface area contributed by atoms with Gasteiger partial charge in [-0.05, 0) is 99.7 Å². The van der Waals surface area contributed by atoms with E-state index in [1.54, 1.807) is 12.1 Å². The Labute approximate surface area is 288 Å². The van der Waals surface area contributed by atoms with Crippen LogP contribution in [0.3, 0.4) is 0 Å². The van der Waals surface area contributed by atoms with Crippen molar-refractivity contribution in [2.45, 2.75) is 126 Å². The summed E-state index contributed by atoms with van der Waals surface area (Å²) in [5, 5.41) is 9.94.